The van der Waals surface area contributed by atoms with Gasteiger partial charge >= 0.3 is 0 Å². The Morgan fingerprint density at radius 1 is 1.62 bits per heavy atom. The molecule has 0 bridgehead atoms. The SMILES string of the molecule is O=C1NCCCC1Cc1ccoc1. The molecular formula is C10H13NO2. The van der Waals surface area contributed by atoms with Crippen molar-refractivity contribution in [1.82, 2.24) is 5.32 Å². The van der Waals surface area contributed by atoms with Crippen LogP contribution in [0.2, 0.25) is 0 Å². The number of amides is 1. The van der Waals surface area contributed by atoms with Crippen LogP contribution in [0, 0.1) is 5.92 Å². The lowest BCUT2D eigenvalue weighted by Crippen LogP contribution is -2.37. The number of carbonyl (C=O) groups excluding carboxylic acids is 1. The van der Waals surface area contributed by atoms with Gasteiger partial charge in [0.25, 0.3) is 0 Å². The Balaban J connectivity index is 1.97. The number of piperidine rings is 1. The topological polar surface area (TPSA) is 42.2 Å². The van der Waals surface area contributed by atoms with E-state index in [0.29, 0.717) is 0 Å². The summed E-state index contributed by atoms with van der Waals surface area (Å²) in [5, 5.41) is 2.87. The Kier molecular flexibility index (Phi) is 2.34. The van der Waals surface area contributed by atoms with E-state index in [1.54, 1.807) is 12.5 Å². The second-order valence-electron chi connectivity index (χ2n) is 3.47. The van der Waals surface area contributed by atoms with Crippen LogP contribution in [0.15, 0.2) is 23.0 Å². The summed E-state index contributed by atoms with van der Waals surface area (Å²) < 4.78 is 4.96. The van der Waals surface area contributed by atoms with Crippen molar-refractivity contribution in [3.63, 3.8) is 0 Å². The van der Waals surface area contributed by atoms with Crippen molar-refractivity contribution < 1.29 is 9.21 Å². The van der Waals surface area contributed by atoms with E-state index in [9.17, 15) is 4.79 Å². The van der Waals surface area contributed by atoms with Crippen molar-refractivity contribution in [3.8, 4) is 0 Å². The third kappa shape index (κ3) is 1.91. The summed E-state index contributed by atoms with van der Waals surface area (Å²) in [6.07, 6.45) is 6.26. The number of hydrogen-bond donors (Lipinski definition) is 1. The van der Waals surface area contributed by atoms with Gasteiger partial charge in [0.15, 0.2) is 0 Å². The van der Waals surface area contributed by atoms with E-state index in [-0.39, 0.29) is 11.8 Å². The molecule has 0 spiro atoms. The minimum atomic E-state index is 0.145. The Labute approximate surface area is 77.1 Å². The van der Waals surface area contributed by atoms with Crippen LogP contribution >= 0.6 is 0 Å². The molecule has 3 heteroatoms. The van der Waals surface area contributed by atoms with E-state index < -0.39 is 0 Å². The minimum Gasteiger partial charge on any atom is -0.472 e. The lowest BCUT2D eigenvalue weighted by molar-refractivity contribution is -0.126. The molecule has 1 fully saturated rings. The minimum absolute atomic E-state index is 0.145. The van der Waals surface area contributed by atoms with E-state index in [1.807, 2.05) is 6.07 Å². The molecule has 0 aromatic carbocycles. The summed E-state index contributed by atoms with van der Waals surface area (Å²) in [5.74, 6) is 0.332. The quantitative estimate of drug-likeness (QED) is 0.744. The van der Waals surface area contributed by atoms with Crippen LogP contribution in [0.3, 0.4) is 0 Å². The summed E-state index contributed by atoms with van der Waals surface area (Å²) in [7, 11) is 0. The van der Waals surface area contributed by atoms with Crippen LogP contribution in [-0.4, -0.2) is 12.5 Å². The number of nitrogens with one attached hydrogen (secondary N) is 1. The first-order valence-electron chi connectivity index (χ1n) is 4.65. The van der Waals surface area contributed by atoms with Crippen LogP contribution in [0.25, 0.3) is 0 Å². The monoisotopic (exact) mass is 179 g/mol. The molecule has 2 rings (SSSR count). The van der Waals surface area contributed by atoms with Gasteiger partial charge in [-0.15, -0.1) is 0 Å². The van der Waals surface area contributed by atoms with Crippen molar-refractivity contribution >= 4 is 5.91 Å². The smallest absolute Gasteiger partial charge is 0.223 e. The summed E-state index contributed by atoms with van der Waals surface area (Å²) in [5.41, 5.74) is 1.11. The maximum atomic E-state index is 11.4. The predicted octanol–water partition coefficient (Wildman–Crippen LogP) is 1.35. The van der Waals surface area contributed by atoms with Gasteiger partial charge in [-0.1, -0.05) is 0 Å². The fourth-order valence-corrected chi connectivity index (χ4v) is 1.72. The Morgan fingerprint density at radius 3 is 3.23 bits per heavy atom. The molecule has 1 aliphatic heterocycles. The van der Waals surface area contributed by atoms with Crippen molar-refractivity contribution in [1.29, 1.82) is 0 Å². The lowest BCUT2D eigenvalue weighted by Gasteiger charge is -2.20. The van der Waals surface area contributed by atoms with Gasteiger partial charge in [-0.25, -0.2) is 0 Å². The highest BCUT2D eigenvalue weighted by molar-refractivity contribution is 5.79. The zero-order chi connectivity index (χ0) is 9.10. The van der Waals surface area contributed by atoms with E-state index in [2.05, 4.69) is 5.32 Å². The second-order valence-corrected chi connectivity index (χ2v) is 3.47. The molecule has 0 radical (unpaired) electrons. The molecule has 2 heterocycles. The molecule has 1 aromatic heterocycles. The van der Waals surface area contributed by atoms with E-state index >= 15 is 0 Å². The van der Waals surface area contributed by atoms with Gasteiger partial charge in [0.1, 0.15) is 0 Å². The fraction of sp³-hybridized carbons (Fsp3) is 0.500. The first-order chi connectivity index (χ1) is 6.36. The van der Waals surface area contributed by atoms with Gasteiger partial charge in [0, 0.05) is 12.5 Å². The fourth-order valence-electron chi connectivity index (χ4n) is 1.72. The average molecular weight is 179 g/mol. The molecule has 1 aliphatic rings. The highest BCUT2D eigenvalue weighted by Gasteiger charge is 2.22. The van der Waals surface area contributed by atoms with Crippen LogP contribution < -0.4 is 5.32 Å². The summed E-state index contributed by atoms with van der Waals surface area (Å²) >= 11 is 0. The van der Waals surface area contributed by atoms with Gasteiger partial charge in [0.05, 0.1) is 12.5 Å². The number of hydrogen-bond acceptors (Lipinski definition) is 2. The maximum Gasteiger partial charge on any atom is 0.223 e. The third-order valence-electron chi connectivity index (χ3n) is 2.46. The molecule has 70 valence electrons. The van der Waals surface area contributed by atoms with Gasteiger partial charge in [-0.3, -0.25) is 4.79 Å². The zero-order valence-electron chi connectivity index (χ0n) is 7.45. The van der Waals surface area contributed by atoms with Crippen molar-refractivity contribution in [2.75, 3.05) is 6.54 Å². The van der Waals surface area contributed by atoms with Crippen LogP contribution in [0.1, 0.15) is 18.4 Å². The molecular weight excluding hydrogens is 166 g/mol. The van der Waals surface area contributed by atoms with Crippen LogP contribution in [0.4, 0.5) is 0 Å². The Morgan fingerprint density at radius 2 is 2.54 bits per heavy atom. The van der Waals surface area contributed by atoms with E-state index in [4.69, 9.17) is 4.42 Å². The number of rotatable bonds is 2. The normalized spacial score (nSPS) is 22.8. The maximum absolute atomic E-state index is 11.4. The molecule has 1 N–H and O–H groups in total. The molecule has 1 atom stereocenters. The number of carbonyl (C=O) groups is 1. The van der Waals surface area contributed by atoms with Gasteiger partial charge in [0.2, 0.25) is 5.91 Å². The first-order valence-corrected chi connectivity index (χ1v) is 4.65. The molecule has 0 saturated carbocycles. The zero-order valence-corrected chi connectivity index (χ0v) is 7.45. The molecule has 13 heavy (non-hydrogen) atoms. The largest absolute Gasteiger partial charge is 0.472 e. The summed E-state index contributed by atoms with van der Waals surface area (Å²) in [4.78, 5) is 11.4. The van der Waals surface area contributed by atoms with E-state index in [0.717, 1.165) is 31.4 Å². The molecule has 1 amide bonds. The van der Waals surface area contributed by atoms with E-state index in [1.165, 1.54) is 0 Å². The molecule has 1 unspecified atom stereocenters. The first kappa shape index (κ1) is 8.35. The molecule has 0 aliphatic carbocycles. The molecule has 3 nitrogen and oxygen atoms in total. The third-order valence-corrected chi connectivity index (χ3v) is 2.46. The summed E-state index contributed by atoms with van der Waals surface area (Å²) in [6.45, 7) is 0.834. The highest BCUT2D eigenvalue weighted by atomic mass is 16.3. The van der Waals surface area contributed by atoms with Gasteiger partial charge < -0.3 is 9.73 Å². The average Bonchev–Trinajstić information content (AvgIpc) is 2.61. The van der Waals surface area contributed by atoms with Gasteiger partial charge in [-0.2, -0.15) is 0 Å². The number of furan rings is 1. The molecule has 1 saturated heterocycles. The van der Waals surface area contributed by atoms with Crippen molar-refractivity contribution in [2.24, 2.45) is 5.92 Å². The Hall–Kier alpha value is -1.25. The predicted molar refractivity (Wildman–Crippen MR) is 48.1 cm³/mol. The standard InChI is InChI=1S/C10H13NO2/c12-10-9(2-1-4-11-10)6-8-3-5-13-7-8/h3,5,7,9H,1-2,4,6H2,(H,11,12). The van der Waals surface area contributed by atoms with Crippen molar-refractivity contribution in [3.05, 3.63) is 24.2 Å². The summed E-state index contributed by atoms with van der Waals surface area (Å²) in [6, 6.07) is 1.92. The van der Waals surface area contributed by atoms with Crippen LogP contribution in [-0.2, 0) is 11.2 Å². The second kappa shape index (κ2) is 3.64. The lowest BCUT2D eigenvalue weighted by atomic mass is 9.93. The van der Waals surface area contributed by atoms with Gasteiger partial charge in [-0.05, 0) is 30.9 Å². The highest BCUT2D eigenvalue weighted by Crippen LogP contribution is 2.17. The van der Waals surface area contributed by atoms with Crippen LogP contribution in [0.5, 0.6) is 0 Å². The Bertz CT molecular complexity index is 279. The van der Waals surface area contributed by atoms with Crippen molar-refractivity contribution in [2.45, 2.75) is 19.3 Å². The molecule has 1 aromatic rings.